The Labute approximate surface area is 128 Å². The summed E-state index contributed by atoms with van der Waals surface area (Å²) >= 11 is 0. The second kappa shape index (κ2) is 8.36. The van der Waals surface area contributed by atoms with E-state index in [1.807, 2.05) is 45.0 Å². The van der Waals surface area contributed by atoms with Crippen LogP contribution in [0.15, 0.2) is 24.3 Å². The molecule has 1 rings (SSSR count). The number of ether oxygens (including phenoxy) is 1. The first kappa shape index (κ1) is 17.9. The van der Waals surface area contributed by atoms with Crippen molar-refractivity contribution in [3.05, 3.63) is 29.8 Å². The molecule has 0 amide bonds. The van der Waals surface area contributed by atoms with Crippen LogP contribution >= 0.6 is 0 Å². The third kappa shape index (κ3) is 6.93. The highest BCUT2D eigenvalue weighted by atomic mass is 32.2. The minimum Gasteiger partial charge on any atom is -0.497 e. The molecule has 5 nitrogen and oxygen atoms in total. The Morgan fingerprint density at radius 3 is 2.29 bits per heavy atom. The molecule has 2 N–H and O–H groups in total. The summed E-state index contributed by atoms with van der Waals surface area (Å²) in [6.45, 7) is 6.62. The van der Waals surface area contributed by atoms with Crippen molar-refractivity contribution < 1.29 is 13.2 Å². The molecule has 21 heavy (non-hydrogen) atoms. The van der Waals surface area contributed by atoms with E-state index in [9.17, 15) is 8.42 Å². The van der Waals surface area contributed by atoms with Crippen LogP contribution in [-0.4, -0.2) is 33.9 Å². The Balaban J connectivity index is 2.49. The average Bonchev–Trinajstić information content (AvgIpc) is 2.43. The minimum atomic E-state index is -3.26. The molecule has 0 saturated carbocycles. The summed E-state index contributed by atoms with van der Waals surface area (Å²) in [5.41, 5.74) is 0.916. The van der Waals surface area contributed by atoms with E-state index in [0.29, 0.717) is 19.0 Å². The Hall–Kier alpha value is -1.11. The second-order valence-electron chi connectivity index (χ2n) is 5.39. The van der Waals surface area contributed by atoms with Gasteiger partial charge in [-0.3, -0.25) is 0 Å². The van der Waals surface area contributed by atoms with Crippen LogP contribution in [0.1, 0.15) is 38.8 Å². The minimum absolute atomic E-state index is 0.132. The van der Waals surface area contributed by atoms with Crippen LogP contribution in [0.4, 0.5) is 0 Å². The van der Waals surface area contributed by atoms with E-state index in [2.05, 4.69) is 10.0 Å². The number of methoxy groups -OCH3 is 1. The fourth-order valence-electron chi connectivity index (χ4n) is 1.94. The lowest BCUT2D eigenvalue weighted by atomic mass is 10.1. The van der Waals surface area contributed by atoms with Gasteiger partial charge in [0.15, 0.2) is 0 Å². The Bertz CT molecular complexity index is 512. The summed E-state index contributed by atoms with van der Waals surface area (Å²) in [6.07, 6.45) is 0.600. The number of benzene rings is 1. The van der Waals surface area contributed by atoms with Gasteiger partial charge >= 0.3 is 0 Å². The monoisotopic (exact) mass is 314 g/mol. The molecule has 120 valence electrons. The Morgan fingerprint density at radius 2 is 1.76 bits per heavy atom. The molecule has 6 heteroatoms. The molecule has 0 aliphatic rings. The van der Waals surface area contributed by atoms with E-state index in [1.165, 1.54) is 0 Å². The standard InChI is InChI=1S/C15H26N2O3S/c1-12(2)16-10-5-11-21(18,19)17-13(3)14-6-8-15(20-4)9-7-14/h6-9,12-13,16-17H,5,10-11H2,1-4H3. The molecule has 0 bridgehead atoms. The fourth-order valence-corrected chi connectivity index (χ4v) is 3.26. The first-order valence-electron chi connectivity index (χ1n) is 7.21. The van der Waals surface area contributed by atoms with Crippen LogP contribution in [0.3, 0.4) is 0 Å². The van der Waals surface area contributed by atoms with Crippen LogP contribution < -0.4 is 14.8 Å². The summed E-state index contributed by atoms with van der Waals surface area (Å²) in [7, 11) is -1.66. The van der Waals surface area contributed by atoms with E-state index in [0.717, 1.165) is 11.3 Å². The highest BCUT2D eigenvalue weighted by Gasteiger charge is 2.15. The molecular weight excluding hydrogens is 288 g/mol. The normalized spacial score (nSPS) is 13.4. The first-order chi connectivity index (χ1) is 9.84. The molecule has 1 aromatic rings. The number of nitrogens with one attached hydrogen (secondary N) is 2. The number of hydrogen-bond donors (Lipinski definition) is 2. The predicted molar refractivity (Wildman–Crippen MR) is 86.1 cm³/mol. The number of rotatable bonds is 9. The molecule has 0 radical (unpaired) electrons. The Kier molecular flexibility index (Phi) is 7.14. The summed E-state index contributed by atoms with van der Waals surface area (Å²) in [5, 5.41) is 3.21. The number of sulfonamides is 1. The van der Waals surface area contributed by atoms with Crippen molar-refractivity contribution in [1.82, 2.24) is 10.0 Å². The van der Waals surface area contributed by atoms with Crippen LogP contribution in [0, 0.1) is 0 Å². The highest BCUT2D eigenvalue weighted by Crippen LogP contribution is 2.17. The molecule has 0 fully saturated rings. The maximum atomic E-state index is 12.0. The zero-order chi connectivity index (χ0) is 15.9. The molecule has 0 saturated heterocycles. The molecule has 0 heterocycles. The van der Waals surface area contributed by atoms with Gasteiger partial charge in [-0.2, -0.15) is 0 Å². The van der Waals surface area contributed by atoms with Gasteiger partial charge in [-0.1, -0.05) is 26.0 Å². The van der Waals surface area contributed by atoms with Gasteiger partial charge in [0.1, 0.15) is 5.75 Å². The zero-order valence-corrected chi connectivity index (χ0v) is 14.0. The summed E-state index contributed by atoms with van der Waals surface area (Å²) in [5.74, 6) is 0.890. The van der Waals surface area contributed by atoms with E-state index in [1.54, 1.807) is 7.11 Å². The van der Waals surface area contributed by atoms with Gasteiger partial charge < -0.3 is 10.1 Å². The molecule has 1 aromatic carbocycles. The third-order valence-electron chi connectivity index (χ3n) is 3.11. The third-order valence-corrected chi connectivity index (χ3v) is 4.65. The van der Waals surface area contributed by atoms with Gasteiger partial charge in [0.05, 0.1) is 12.9 Å². The lowest BCUT2D eigenvalue weighted by molar-refractivity contribution is 0.414. The van der Waals surface area contributed by atoms with Crippen molar-refractivity contribution in [2.75, 3.05) is 19.4 Å². The van der Waals surface area contributed by atoms with Crippen LogP contribution in [0.5, 0.6) is 5.75 Å². The van der Waals surface area contributed by atoms with Crippen LogP contribution in [0.25, 0.3) is 0 Å². The van der Waals surface area contributed by atoms with Crippen LogP contribution in [0.2, 0.25) is 0 Å². The van der Waals surface area contributed by atoms with Gasteiger partial charge in [0.2, 0.25) is 10.0 Å². The lowest BCUT2D eigenvalue weighted by Gasteiger charge is -2.15. The molecule has 1 unspecified atom stereocenters. The van der Waals surface area contributed by atoms with Crippen molar-refractivity contribution in [2.45, 2.75) is 39.3 Å². The second-order valence-corrected chi connectivity index (χ2v) is 7.27. The molecule has 0 aliphatic carbocycles. The van der Waals surface area contributed by atoms with E-state index in [4.69, 9.17) is 4.74 Å². The quantitative estimate of drug-likeness (QED) is 0.685. The molecular formula is C15H26N2O3S. The van der Waals surface area contributed by atoms with Gasteiger partial charge in [0, 0.05) is 12.1 Å². The topological polar surface area (TPSA) is 67.4 Å². The maximum Gasteiger partial charge on any atom is 0.212 e. The van der Waals surface area contributed by atoms with Crippen molar-refractivity contribution in [3.63, 3.8) is 0 Å². The van der Waals surface area contributed by atoms with E-state index in [-0.39, 0.29) is 11.8 Å². The molecule has 0 spiro atoms. The van der Waals surface area contributed by atoms with E-state index >= 15 is 0 Å². The maximum absolute atomic E-state index is 12.0. The van der Waals surface area contributed by atoms with Gasteiger partial charge in [-0.05, 0) is 37.6 Å². The largest absolute Gasteiger partial charge is 0.497 e. The number of hydrogen-bond acceptors (Lipinski definition) is 4. The first-order valence-corrected chi connectivity index (χ1v) is 8.86. The molecule has 1 atom stereocenters. The van der Waals surface area contributed by atoms with Crippen molar-refractivity contribution in [2.24, 2.45) is 0 Å². The van der Waals surface area contributed by atoms with Crippen molar-refractivity contribution in [1.29, 1.82) is 0 Å². The summed E-state index contributed by atoms with van der Waals surface area (Å²) < 4.78 is 31.8. The zero-order valence-electron chi connectivity index (χ0n) is 13.2. The molecule has 0 aliphatic heterocycles. The summed E-state index contributed by atoms with van der Waals surface area (Å²) in [4.78, 5) is 0. The van der Waals surface area contributed by atoms with Gasteiger partial charge in [-0.15, -0.1) is 0 Å². The van der Waals surface area contributed by atoms with Crippen molar-refractivity contribution in [3.8, 4) is 5.75 Å². The van der Waals surface area contributed by atoms with Gasteiger partial charge in [0.25, 0.3) is 0 Å². The Morgan fingerprint density at radius 1 is 1.14 bits per heavy atom. The summed E-state index contributed by atoms with van der Waals surface area (Å²) in [6, 6.07) is 7.51. The fraction of sp³-hybridized carbons (Fsp3) is 0.600. The SMILES string of the molecule is COc1ccc(C(C)NS(=O)(=O)CCCNC(C)C)cc1. The predicted octanol–water partition coefficient (Wildman–Crippen LogP) is 2.06. The smallest absolute Gasteiger partial charge is 0.212 e. The molecule has 0 aromatic heterocycles. The average molecular weight is 314 g/mol. The highest BCUT2D eigenvalue weighted by molar-refractivity contribution is 7.89. The van der Waals surface area contributed by atoms with E-state index < -0.39 is 10.0 Å². The lowest BCUT2D eigenvalue weighted by Crippen LogP contribution is -2.31. The van der Waals surface area contributed by atoms with Crippen LogP contribution in [-0.2, 0) is 10.0 Å². The van der Waals surface area contributed by atoms with Crippen molar-refractivity contribution >= 4 is 10.0 Å². The van der Waals surface area contributed by atoms with Gasteiger partial charge in [-0.25, -0.2) is 13.1 Å².